The summed E-state index contributed by atoms with van der Waals surface area (Å²) >= 11 is 5.92. The average Bonchev–Trinajstić information content (AvgIpc) is 2.96. The quantitative estimate of drug-likeness (QED) is 0.751. The van der Waals surface area contributed by atoms with Crippen LogP contribution in [0.1, 0.15) is 17.6 Å². The summed E-state index contributed by atoms with van der Waals surface area (Å²) in [5, 5.41) is 1.62. The minimum atomic E-state index is -0.392. The molecule has 1 unspecified atom stereocenters. The first-order valence-electron chi connectivity index (χ1n) is 5.22. The van der Waals surface area contributed by atoms with Crippen molar-refractivity contribution in [2.75, 3.05) is 0 Å². The fraction of sp³-hybridized carbons (Fsp3) is 0.0769. The second kappa shape index (κ2) is 3.95. The molecule has 4 heteroatoms. The highest BCUT2D eigenvalue weighted by Crippen LogP contribution is 2.28. The molecule has 3 nitrogen and oxygen atoms in total. The lowest BCUT2D eigenvalue weighted by Gasteiger charge is -2.03. The summed E-state index contributed by atoms with van der Waals surface area (Å²) in [7, 11) is 0. The van der Waals surface area contributed by atoms with E-state index in [1.54, 1.807) is 18.4 Å². The van der Waals surface area contributed by atoms with Gasteiger partial charge in [0.1, 0.15) is 23.1 Å². The highest BCUT2D eigenvalue weighted by molar-refractivity contribution is 6.31. The van der Waals surface area contributed by atoms with Crippen LogP contribution in [0.4, 0.5) is 0 Å². The van der Waals surface area contributed by atoms with Crippen LogP contribution in [0, 0.1) is 0 Å². The molecule has 3 aromatic rings. The van der Waals surface area contributed by atoms with Gasteiger partial charge in [-0.3, -0.25) is 0 Å². The molecule has 2 aromatic heterocycles. The van der Waals surface area contributed by atoms with Crippen molar-refractivity contribution in [3.63, 3.8) is 0 Å². The Balaban J connectivity index is 2.06. The molecule has 2 heterocycles. The van der Waals surface area contributed by atoms with Crippen molar-refractivity contribution in [1.82, 2.24) is 0 Å². The average molecular weight is 248 g/mol. The Morgan fingerprint density at radius 3 is 2.76 bits per heavy atom. The van der Waals surface area contributed by atoms with Gasteiger partial charge >= 0.3 is 0 Å². The standard InChI is InChI=1S/C13H10ClNO2/c14-9-3-4-10-8(6-9)7-12(17-10)13(15)11-2-1-5-16-11/h1-7,13H,15H2. The Hall–Kier alpha value is -1.71. The first-order chi connectivity index (χ1) is 8.24. The third-order valence-corrected chi connectivity index (χ3v) is 2.89. The number of hydrogen-bond donors (Lipinski definition) is 1. The lowest BCUT2D eigenvalue weighted by Crippen LogP contribution is -2.09. The van der Waals surface area contributed by atoms with E-state index in [1.165, 1.54) is 0 Å². The van der Waals surface area contributed by atoms with Crippen LogP contribution >= 0.6 is 11.6 Å². The summed E-state index contributed by atoms with van der Waals surface area (Å²) in [5.74, 6) is 1.34. The van der Waals surface area contributed by atoms with E-state index in [-0.39, 0.29) is 0 Å². The molecule has 0 fully saturated rings. The predicted molar refractivity (Wildman–Crippen MR) is 66.0 cm³/mol. The normalized spacial score (nSPS) is 13.1. The fourth-order valence-electron chi connectivity index (χ4n) is 1.80. The molecular weight excluding hydrogens is 238 g/mol. The molecule has 1 aromatic carbocycles. The van der Waals surface area contributed by atoms with Crippen LogP contribution in [0.2, 0.25) is 5.02 Å². The zero-order valence-corrected chi connectivity index (χ0v) is 9.65. The van der Waals surface area contributed by atoms with Gasteiger partial charge in [-0.1, -0.05) is 11.6 Å². The van der Waals surface area contributed by atoms with E-state index in [2.05, 4.69) is 0 Å². The fourth-order valence-corrected chi connectivity index (χ4v) is 1.98. The van der Waals surface area contributed by atoms with Crippen LogP contribution in [0.5, 0.6) is 0 Å². The molecule has 3 rings (SSSR count). The van der Waals surface area contributed by atoms with E-state index < -0.39 is 6.04 Å². The first kappa shape index (κ1) is 10.4. The predicted octanol–water partition coefficient (Wildman–Crippen LogP) is 3.73. The lowest BCUT2D eigenvalue weighted by atomic mass is 10.1. The highest BCUT2D eigenvalue weighted by Gasteiger charge is 2.16. The van der Waals surface area contributed by atoms with E-state index in [9.17, 15) is 0 Å². The van der Waals surface area contributed by atoms with Crippen LogP contribution in [-0.2, 0) is 0 Å². The van der Waals surface area contributed by atoms with Crippen molar-refractivity contribution in [3.05, 3.63) is 59.2 Å². The smallest absolute Gasteiger partial charge is 0.134 e. The molecule has 0 radical (unpaired) electrons. The Morgan fingerprint density at radius 1 is 1.12 bits per heavy atom. The molecule has 0 amide bonds. The molecule has 17 heavy (non-hydrogen) atoms. The van der Waals surface area contributed by atoms with Gasteiger partial charge in [-0.15, -0.1) is 0 Å². The Morgan fingerprint density at radius 2 is 2.00 bits per heavy atom. The maximum absolute atomic E-state index is 6.04. The molecule has 2 N–H and O–H groups in total. The number of nitrogens with two attached hydrogens (primary N) is 1. The molecule has 1 atom stereocenters. The topological polar surface area (TPSA) is 52.3 Å². The number of furan rings is 2. The van der Waals surface area contributed by atoms with Gasteiger partial charge in [0.05, 0.1) is 6.26 Å². The van der Waals surface area contributed by atoms with E-state index >= 15 is 0 Å². The number of benzene rings is 1. The Bertz CT molecular complexity index is 643. The molecule has 86 valence electrons. The van der Waals surface area contributed by atoms with Crippen molar-refractivity contribution >= 4 is 22.6 Å². The van der Waals surface area contributed by atoms with Crippen LogP contribution in [-0.4, -0.2) is 0 Å². The van der Waals surface area contributed by atoms with Gasteiger partial charge in [-0.2, -0.15) is 0 Å². The SMILES string of the molecule is NC(c1ccco1)c1cc2cc(Cl)ccc2o1. The van der Waals surface area contributed by atoms with Gasteiger partial charge in [-0.05, 0) is 36.4 Å². The monoisotopic (exact) mass is 247 g/mol. The maximum Gasteiger partial charge on any atom is 0.134 e. The van der Waals surface area contributed by atoms with Gasteiger partial charge in [-0.25, -0.2) is 0 Å². The molecule has 0 aliphatic carbocycles. The van der Waals surface area contributed by atoms with Crippen molar-refractivity contribution in [1.29, 1.82) is 0 Å². The maximum atomic E-state index is 6.04. The Labute approximate surface area is 103 Å². The molecule has 0 saturated heterocycles. The van der Waals surface area contributed by atoms with E-state index in [4.69, 9.17) is 26.2 Å². The summed E-state index contributed by atoms with van der Waals surface area (Å²) in [6.45, 7) is 0. The van der Waals surface area contributed by atoms with Crippen molar-refractivity contribution in [3.8, 4) is 0 Å². The van der Waals surface area contributed by atoms with Crippen LogP contribution in [0.3, 0.4) is 0 Å². The molecular formula is C13H10ClNO2. The molecule has 0 bridgehead atoms. The summed E-state index contributed by atoms with van der Waals surface area (Å²) in [6.07, 6.45) is 1.59. The minimum Gasteiger partial charge on any atom is -0.467 e. The van der Waals surface area contributed by atoms with Crippen molar-refractivity contribution in [2.24, 2.45) is 5.73 Å². The van der Waals surface area contributed by atoms with Crippen LogP contribution < -0.4 is 5.73 Å². The zero-order chi connectivity index (χ0) is 11.8. The summed E-state index contributed by atoms with van der Waals surface area (Å²) in [5.41, 5.74) is 6.81. The number of fused-ring (bicyclic) bond motifs is 1. The van der Waals surface area contributed by atoms with Crippen molar-refractivity contribution < 1.29 is 8.83 Å². The summed E-state index contributed by atoms with van der Waals surface area (Å²) < 4.78 is 10.9. The van der Waals surface area contributed by atoms with Crippen LogP contribution in [0.15, 0.2) is 51.5 Å². The first-order valence-corrected chi connectivity index (χ1v) is 5.60. The number of hydrogen-bond acceptors (Lipinski definition) is 3. The highest BCUT2D eigenvalue weighted by atomic mass is 35.5. The molecule has 0 spiro atoms. The van der Waals surface area contributed by atoms with Gasteiger partial charge < -0.3 is 14.6 Å². The van der Waals surface area contributed by atoms with Gasteiger partial charge in [0.25, 0.3) is 0 Å². The molecule has 0 aliphatic heterocycles. The summed E-state index contributed by atoms with van der Waals surface area (Å²) in [6, 6.07) is 10.6. The summed E-state index contributed by atoms with van der Waals surface area (Å²) in [4.78, 5) is 0. The van der Waals surface area contributed by atoms with E-state index in [0.29, 0.717) is 16.5 Å². The molecule has 0 saturated carbocycles. The number of rotatable bonds is 2. The third kappa shape index (κ3) is 1.84. The van der Waals surface area contributed by atoms with Crippen LogP contribution in [0.25, 0.3) is 11.0 Å². The number of halogens is 1. The van der Waals surface area contributed by atoms with Gasteiger partial charge in [0.15, 0.2) is 0 Å². The van der Waals surface area contributed by atoms with E-state index in [1.807, 2.05) is 24.3 Å². The zero-order valence-electron chi connectivity index (χ0n) is 8.89. The van der Waals surface area contributed by atoms with E-state index in [0.717, 1.165) is 11.0 Å². The largest absolute Gasteiger partial charge is 0.467 e. The van der Waals surface area contributed by atoms with Gasteiger partial charge in [0, 0.05) is 10.4 Å². The lowest BCUT2D eigenvalue weighted by molar-refractivity contribution is 0.445. The minimum absolute atomic E-state index is 0.392. The van der Waals surface area contributed by atoms with Crippen molar-refractivity contribution in [2.45, 2.75) is 6.04 Å². The Kier molecular flexibility index (Phi) is 2.42. The third-order valence-electron chi connectivity index (χ3n) is 2.65. The van der Waals surface area contributed by atoms with Gasteiger partial charge in [0.2, 0.25) is 0 Å². The molecule has 0 aliphatic rings. The second-order valence-electron chi connectivity index (χ2n) is 3.82. The second-order valence-corrected chi connectivity index (χ2v) is 4.26.